The number of aromatic nitrogens is 2. The summed E-state index contributed by atoms with van der Waals surface area (Å²) in [6.45, 7) is 2.51. The molecule has 4 unspecified atom stereocenters. The van der Waals surface area contributed by atoms with Gasteiger partial charge in [-0.25, -0.2) is 4.98 Å². The highest BCUT2D eigenvalue weighted by atomic mass is 35.5. The number of nitrogens with two attached hydrogens (primary N) is 1. The van der Waals surface area contributed by atoms with E-state index in [4.69, 9.17) is 5.73 Å². The number of hydrogen-bond donors (Lipinski definition) is 2. The number of imidazole rings is 1. The molecule has 0 radical (unpaired) electrons. The molecule has 1 amide bonds. The Hall–Kier alpha value is -1.30. The number of carbonyl (C=O) groups is 1. The normalized spacial score (nSPS) is 27.6. The Labute approximate surface area is 154 Å². The van der Waals surface area contributed by atoms with Gasteiger partial charge in [-0.15, -0.1) is 24.8 Å². The number of fused-ring (bicyclic) bond motifs is 3. The van der Waals surface area contributed by atoms with Gasteiger partial charge in [-0.1, -0.05) is 6.07 Å². The van der Waals surface area contributed by atoms with Crippen molar-refractivity contribution in [2.75, 3.05) is 0 Å². The fourth-order valence-corrected chi connectivity index (χ4v) is 4.31. The van der Waals surface area contributed by atoms with Crippen LogP contribution in [-0.2, 0) is 11.3 Å². The van der Waals surface area contributed by atoms with Crippen LogP contribution in [0.25, 0.3) is 5.65 Å². The van der Waals surface area contributed by atoms with E-state index >= 15 is 0 Å². The highest BCUT2D eigenvalue weighted by molar-refractivity contribution is 5.85. The van der Waals surface area contributed by atoms with Crippen LogP contribution in [0.4, 0.5) is 0 Å². The Morgan fingerprint density at radius 3 is 2.79 bits per heavy atom. The van der Waals surface area contributed by atoms with Crippen LogP contribution in [0.1, 0.15) is 30.5 Å². The summed E-state index contributed by atoms with van der Waals surface area (Å²) in [6, 6.07) is 4.08. The number of aryl methyl sites for hydroxylation is 1. The first kappa shape index (κ1) is 19.0. The van der Waals surface area contributed by atoms with E-state index in [1.54, 1.807) is 0 Å². The van der Waals surface area contributed by atoms with Crippen LogP contribution >= 0.6 is 24.8 Å². The lowest BCUT2D eigenvalue weighted by Gasteiger charge is -2.26. The maximum Gasteiger partial charge on any atom is 0.225 e. The summed E-state index contributed by atoms with van der Waals surface area (Å²) in [5, 5.41) is 3.04. The van der Waals surface area contributed by atoms with Crippen molar-refractivity contribution in [1.82, 2.24) is 14.7 Å². The van der Waals surface area contributed by atoms with Gasteiger partial charge in [0, 0.05) is 18.4 Å². The molecule has 24 heavy (non-hydrogen) atoms. The van der Waals surface area contributed by atoms with E-state index in [0.29, 0.717) is 18.4 Å². The third kappa shape index (κ3) is 3.13. The molecule has 0 spiro atoms. The van der Waals surface area contributed by atoms with Crippen LogP contribution in [0.3, 0.4) is 0 Å². The molecule has 2 heterocycles. The van der Waals surface area contributed by atoms with Gasteiger partial charge in [0.1, 0.15) is 5.65 Å². The zero-order chi connectivity index (χ0) is 15.3. The van der Waals surface area contributed by atoms with E-state index < -0.39 is 0 Å². The summed E-state index contributed by atoms with van der Waals surface area (Å²) in [6.07, 6.45) is 7.44. The van der Waals surface area contributed by atoms with E-state index in [1.165, 1.54) is 6.42 Å². The molecule has 2 aromatic rings. The first-order valence-corrected chi connectivity index (χ1v) is 8.10. The van der Waals surface area contributed by atoms with Gasteiger partial charge in [0.25, 0.3) is 0 Å². The summed E-state index contributed by atoms with van der Waals surface area (Å²) < 4.78 is 2.00. The van der Waals surface area contributed by atoms with Crippen molar-refractivity contribution in [3.63, 3.8) is 0 Å². The number of hydrogen-bond acceptors (Lipinski definition) is 3. The Bertz CT molecular complexity index is 730. The quantitative estimate of drug-likeness (QED) is 0.871. The van der Waals surface area contributed by atoms with Gasteiger partial charge in [0.15, 0.2) is 0 Å². The molecule has 2 fully saturated rings. The summed E-state index contributed by atoms with van der Waals surface area (Å²) >= 11 is 0. The summed E-state index contributed by atoms with van der Waals surface area (Å²) in [7, 11) is 0. The highest BCUT2D eigenvalue weighted by Crippen LogP contribution is 2.47. The van der Waals surface area contributed by atoms with Crippen molar-refractivity contribution in [3.8, 4) is 0 Å². The van der Waals surface area contributed by atoms with Crippen molar-refractivity contribution < 1.29 is 4.79 Å². The van der Waals surface area contributed by atoms with Crippen LogP contribution < -0.4 is 11.1 Å². The molecule has 4 rings (SSSR count). The van der Waals surface area contributed by atoms with E-state index in [0.717, 1.165) is 29.7 Å². The molecule has 5 nitrogen and oxygen atoms in total. The van der Waals surface area contributed by atoms with Crippen molar-refractivity contribution in [1.29, 1.82) is 0 Å². The number of rotatable bonds is 3. The predicted octanol–water partition coefficient (Wildman–Crippen LogP) is 2.48. The Balaban J connectivity index is 0.00000104. The molecular formula is C17H24Cl2N4O. The number of carbonyl (C=O) groups excluding carboxylic acids is 1. The lowest BCUT2D eigenvalue weighted by atomic mass is 9.84. The van der Waals surface area contributed by atoms with Crippen molar-refractivity contribution in [3.05, 3.63) is 35.8 Å². The number of nitrogens with zero attached hydrogens (tertiary/aromatic N) is 2. The van der Waals surface area contributed by atoms with Gasteiger partial charge in [0.05, 0.1) is 18.2 Å². The average molecular weight is 371 g/mol. The molecule has 2 aliphatic rings. The number of halogens is 2. The topological polar surface area (TPSA) is 72.4 Å². The van der Waals surface area contributed by atoms with Crippen molar-refractivity contribution in [2.24, 2.45) is 23.5 Å². The summed E-state index contributed by atoms with van der Waals surface area (Å²) in [4.78, 5) is 17.1. The molecule has 0 aliphatic heterocycles. The highest BCUT2D eigenvalue weighted by Gasteiger charge is 2.48. The van der Waals surface area contributed by atoms with Gasteiger partial charge in [-0.2, -0.15) is 0 Å². The molecule has 0 aromatic carbocycles. The Morgan fingerprint density at radius 1 is 1.38 bits per heavy atom. The molecule has 2 bridgehead atoms. The summed E-state index contributed by atoms with van der Waals surface area (Å²) in [5.74, 6) is 1.15. The standard InChI is InChI=1S/C17H22N4O.2ClH/c1-10-3-2-6-21-9-13(20-16(10)21)8-19-17(22)14-11-4-5-12(7-11)15(14)18;;/h2-3,6,9,11-12,14-15H,4-5,7-8,18H2,1H3,(H,19,22);2*1H. The fraction of sp³-hybridized carbons (Fsp3) is 0.529. The van der Waals surface area contributed by atoms with Gasteiger partial charge < -0.3 is 15.5 Å². The first-order valence-electron chi connectivity index (χ1n) is 8.10. The predicted molar refractivity (Wildman–Crippen MR) is 98.6 cm³/mol. The van der Waals surface area contributed by atoms with E-state index in [9.17, 15) is 4.79 Å². The maximum atomic E-state index is 12.5. The molecule has 2 aromatic heterocycles. The molecule has 2 saturated carbocycles. The molecule has 132 valence electrons. The smallest absolute Gasteiger partial charge is 0.225 e. The minimum atomic E-state index is -0.00230. The van der Waals surface area contributed by atoms with Gasteiger partial charge in [-0.3, -0.25) is 4.79 Å². The van der Waals surface area contributed by atoms with Crippen LogP contribution in [0, 0.1) is 24.7 Å². The first-order chi connectivity index (χ1) is 10.6. The van der Waals surface area contributed by atoms with Crippen LogP contribution in [0.2, 0.25) is 0 Å². The van der Waals surface area contributed by atoms with E-state index in [1.807, 2.05) is 35.9 Å². The third-order valence-electron chi connectivity index (χ3n) is 5.45. The Kier molecular flexibility index (Phi) is 5.78. The van der Waals surface area contributed by atoms with Gasteiger partial charge >= 0.3 is 0 Å². The largest absolute Gasteiger partial charge is 0.350 e. The van der Waals surface area contributed by atoms with Gasteiger partial charge in [0.2, 0.25) is 5.91 Å². The summed E-state index contributed by atoms with van der Waals surface area (Å²) in [5.41, 5.74) is 9.20. The number of pyridine rings is 1. The molecule has 0 saturated heterocycles. The van der Waals surface area contributed by atoms with Crippen LogP contribution in [0.5, 0.6) is 0 Å². The lowest BCUT2D eigenvalue weighted by molar-refractivity contribution is -0.127. The number of nitrogens with one attached hydrogen (secondary N) is 1. The second-order valence-corrected chi connectivity index (χ2v) is 6.81. The van der Waals surface area contributed by atoms with E-state index in [2.05, 4.69) is 10.3 Å². The zero-order valence-electron chi connectivity index (χ0n) is 13.6. The zero-order valence-corrected chi connectivity index (χ0v) is 15.3. The minimum Gasteiger partial charge on any atom is -0.350 e. The third-order valence-corrected chi connectivity index (χ3v) is 5.45. The molecule has 3 N–H and O–H groups in total. The Morgan fingerprint density at radius 2 is 2.12 bits per heavy atom. The minimum absolute atomic E-state index is 0. The molecular weight excluding hydrogens is 347 g/mol. The average Bonchev–Trinajstić information content (AvgIpc) is 3.18. The van der Waals surface area contributed by atoms with Gasteiger partial charge in [-0.05, 0) is 49.7 Å². The molecule has 2 aliphatic carbocycles. The van der Waals surface area contributed by atoms with Crippen molar-refractivity contribution in [2.45, 2.75) is 38.8 Å². The lowest BCUT2D eigenvalue weighted by Crippen LogP contribution is -2.45. The van der Waals surface area contributed by atoms with Crippen LogP contribution in [0.15, 0.2) is 24.5 Å². The second-order valence-electron chi connectivity index (χ2n) is 6.81. The SMILES string of the molecule is Cc1cccn2cc(CNC(=O)C3C4CCC(C4)C3N)nc12.Cl.Cl. The van der Waals surface area contributed by atoms with E-state index in [-0.39, 0.29) is 42.7 Å². The van der Waals surface area contributed by atoms with Crippen LogP contribution in [-0.4, -0.2) is 21.3 Å². The maximum absolute atomic E-state index is 12.5. The van der Waals surface area contributed by atoms with Crippen molar-refractivity contribution >= 4 is 36.4 Å². The second kappa shape index (κ2) is 7.30. The molecule has 7 heteroatoms. The molecule has 4 atom stereocenters. The fourth-order valence-electron chi connectivity index (χ4n) is 4.31. The monoisotopic (exact) mass is 370 g/mol. The number of amides is 1.